The van der Waals surface area contributed by atoms with Crippen molar-refractivity contribution in [3.63, 3.8) is 0 Å². The highest BCUT2D eigenvalue weighted by Crippen LogP contribution is 2.16. The van der Waals surface area contributed by atoms with E-state index in [1.165, 1.54) is 83.5 Å². The summed E-state index contributed by atoms with van der Waals surface area (Å²) in [6.07, 6.45) is 20.4. The standard InChI is InChI=1S/C25H40F3NO/c1-2-3-4-5-6-7-8-9-10-11-12-13-14-15-16-17-20-29-25(30)21-18-19-22(26)24(28)23(21)27/h18-19H,2-17,20H2,1H3,(H,29,30). The Labute approximate surface area is 181 Å². The molecule has 0 saturated carbocycles. The summed E-state index contributed by atoms with van der Waals surface area (Å²) in [5, 5.41) is 2.57. The second kappa shape index (κ2) is 17.2. The van der Waals surface area contributed by atoms with Crippen LogP contribution in [0.5, 0.6) is 0 Å². The van der Waals surface area contributed by atoms with Gasteiger partial charge in [-0.1, -0.05) is 103 Å². The topological polar surface area (TPSA) is 29.1 Å². The van der Waals surface area contributed by atoms with Crippen molar-refractivity contribution in [2.45, 2.75) is 110 Å². The van der Waals surface area contributed by atoms with E-state index < -0.39 is 28.9 Å². The maximum atomic E-state index is 13.6. The molecule has 1 rings (SSSR count). The van der Waals surface area contributed by atoms with Crippen molar-refractivity contribution >= 4 is 5.91 Å². The average Bonchev–Trinajstić information content (AvgIpc) is 2.74. The smallest absolute Gasteiger partial charge is 0.254 e. The van der Waals surface area contributed by atoms with E-state index in [2.05, 4.69) is 12.2 Å². The molecule has 30 heavy (non-hydrogen) atoms. The predicted molar refractivity (Wildman–Crippen MR) is 118 cm³/mol. The zero-order valence-electron chi connectivity index (χ0n) is 18.7. The van der Waals surface area contributed by atoms with E-state index in [1.807, 2.05) is 0 Å². The fourth-order valence-electron chi connectivity index (χ4n) is 3.67. The lowest BCUT2D eigenvalue weighted by atomic mass is 10.0. The Morgan fingerprint density at radius 1 is 0.667 bits per heavy atom. The van der Waals surface area contributed by atoms with Gasteiger partial charge in [0, 0.05) is 6.54 Å². The van der Waals surface area contributed by atoms with Crippen LogP contribution in [-0.4, -0.2) is 12.5 Å². The van der Waals surface area contributed by atoms with Gasteiger partial charge < -0.3 is 5.32 Å². The Bertz CT molecular complexity index is 592. The second-order valence-corrected chi connectivity index (χ2v) is 8.28. The molecule has 0 aliphatic rings. The van der Waals surface area contributed by atoms with Crippen molar-refractivity contribution in [1.29, 1.82) is 0 Å². The molecule has 1 aromatic carbocycles. The number of carbonyl (C=O) groups is 1. The molecular formula is C25H40F3NO. The van der Waals surface area contributed by atoms with Crippen LogP contribution in [0.2, 0.25) is 0 Å². The number of halogens is 3. The lowest BCUT2D eigenvalue weighted by Gasteiger charge is -2.07. The first kappa shape index (κ1) is 26.5. The molecule has 0 aliphatic carbocycles. The third-order valence-electron chi connectivity index (χ3n) is 5.60. The first-order valence-electron chi connectivity index (χ1n) is 12.0. The normalized spacial score (nSPS) is 11.1. The number of benzene rings is 1. The van der Waals surface area contributed by atoms with Gasteiger partial charge in [0.25, 0.3) is 5.91 Å². The predicted octanol–water partition coefficient (Wildman–Crippen LogP) is 8.10. The summed E-state index contributed by atoms with van der Waals surface area (Å²) < 4.78 is 39.6. The molecule has 0 aromatic heterocycles. The van der Waals surface area contributed by atoms with Crippen LogP contribution in [0.25, 0.3) is 0 Å². The number of carbonyl (C=O) groups excluding carboxylic acids is 1. The Morgan fingerprint density at radius 2 is 1.10 bits per heavy atom. The Morgan fingerprint density at radius 3 is 1.57 bits per heavy atom. The molecule has 1 aromatic rings. The van der Waals surface area contributed by atoms with E-state index in [1.54, 1.807) is 0 Å². The van der Waals surface area contributed by atoms with Crippen LogP contribution in [-0.2, 0) is 0 Å². The number of amides is 1. The zero-order chi connectivity index (χ0) is 22.0. The van der Waals surface area contributed by atoms with Crippen molar-refractivity contribution in [2.24, 2.45) is 0 Å². The zero-order valence-corrected chi connectivity index (χ0v) is 18.7. The molecule has 5 heteroatoms. The number of rotatable bonds is 18. The van der Waals surface area contributed by atoms with Crippen molar-refractivity contribution < 1.29 is 18.0 Å². The minimum absolute atomic E-state index is 0.412. The molecule has 2 nitrogen and oxygen atoms in total. The molecule has 0 fully saturated rings. The van der Waals surface area contributed by atoms with Crippen LogP contribution in [0.15, 0.2) is 12.1 Å². The van der Waals surface area contributed by atoms with Crippen molar-refractivity contribution in [2.75, 3.05) is 6.54 Å². The maximum Gasteiger partial charge on any atom is 0.254 e. The summed E-state index contributed by atoms with van der Waals surface area (Å²) in [6.45, 7) is 2.67. The average molecular weight is 428 g/mol. The fourth-order valence-corrected chi connectivity index (χ4v) is 3.67. The Balaban J connectivity index is 1.89. The molecule has 0 bridgehead atoms. The van der Waals surface area contributed by atoms with Crippen molar-refractivity contribution in [3.8, 4) is 0 Å². The number of nitrogens with one attached hydrogen (secondary N) is 1. The minimum atomic E-state index is -1.61. The van der Waals surface area contributed by atoms with Crippen LogP contribution in [0.3, 0.4) is 0 Å². The van der Waals surface area contributed by atoms with E-state index in [4.69, 9.17) is 0 Å². The summed E-state index contributed by atoms with van der Waals surface area (Å²) >= 11 is 0. The van der Waals surface area contributed by atoms with Gasteiger partial charge in [0.05, 0.1) is 5.56 Å². The van der Waals surface area contributed by atoms with Crippen LogP contribution >= 0.6 is 0 Å². The van der Waals surface area contributed by atoms with E-state index >= 15 is 0 Å². The van der Waals surface area contributed by atoms with Crippen molar-refractivity contribution in [3.05, 3.63) is 35.1 Å². The Kier molecular flexibility index (Phi) is 15.2. The second-order valence-electron chi connectivity index (χ2n) is 8.28. The molecule has 0 atom stereocenters. The van der Waals surface area contributed by atoms with Gasteiger partial charge in [-0.25, -0.2) is 13.2 Å². The van der Waals surface area contributed by atoms with Crippen LogP contribution < -0.4 is 5.32 Å². The van der Waals surface area contributed by atoms with Crippen molar-refractivity contribution in [1.82, 2.24) is 5.32 Å². The molecule has 0 saturated heterocycles. The van der Waals surface area contributed by atoms with Crippen LogP contribution in [0.1, 0.15) is 120 Å². The number of hydrogen-bond acceptors (Lipinski definition) is 1. The third-order valence-corrected chi connectivity index (χ3v) is 5.60. The molecule has 0 aliphatic heterocycles. The highest BCUT2D eigenvalue weighted by Gasteiger charge is 2.18. The van der Waals surface area contributed by atoms with Gasteiger partial charge in [-0.15, -0.1) is 0 Å². The van der Waals surface area contributed by atoms with Gasteiger partial charge in [0.2, 0.25) is 0 Å². The highest BCUT2D eigenvalue weighted by atomic mass is 19.2. The molecule has 1 amide bonds. The molecular weight excluding hydrogens is 387 g/mol. The van der Waals surface area contributed by atoms with E-state index in [0.29, 0.717) is 6.54 Å². The van der Waals surface area contributed by atoms with Gasteiger partial charge in [-0.3, -0.25) is 4.79 Å². The molecule has 0 heterocycles. The summed E-state index contributed by atoms with van der Waals surface area (Å²) in [5.74, 6) is -5.03. The molecule has 0 unspecified atom stereocenters. The molecule has 0 radical (unpaired) electrons. The molecule has 0 spiro atoms. The van der Waals surface area contributed by atoms with Crippen LogP contribution in [0, 0.1) is 17.5 Å². The number of unbranched alkanes of at least 4 members (excludes halogenated alkanes) is 15. The Hall–Kier alpha value is -1.52. The third kappa shape index (κ3) is 11.6. The fraction of sp³-hybridized carbons (Fsp3) is 0.720. The first-order chi connectivity index (χ1) is 14.6. The summed E-state index contributed by atoms with van der Waals surface area (Å²) in [5.41, 5.74) is -0.453. The lowest BCUT2D eigenvalue weighted by molar-refractivity contribution is 0.0947. The minimum Gasteiger partial charge on any atom is -0.352 e. The van der Waals surface area contributed by atoms with Gasteiger partial charge >= 0.3 is 0 Å². The van der Waals surface area contributed by atoms with Gasteiger partial charge in [-0.2, -0.15) is 0 Å². The van der Waals surface area contributed by atoms with Gasteiger partial charge in [-0.05, 0) is 18.6 Å². The summed E-state index contributed by atoms with van der Waals surface area (Å²) in [7, 11) is 0. The van der Waals surface area contributed by atoms with Gasteiger partial charge in [0.1, 0.15) is 0 Å². The monoisotopic (exact) mass is 427 g/mol. The first-order valence-corrected chi connectivity index (χ1v) is 12.0. The van der Waals surface area contributed by atoms with E-state index in [-0.39, 0.29) is 0 Å². The van der Waals surface area contributed by atoms with Crippen LogP contribution in [0.4, 0.5) is 13.2 Å². The van der Waals surface area contributed by atoms with E-state index in [0.717, 1.165) is 31.4 Å². The van der Waals surface area contributed by atoms with Gasteiger partial charge in [0.15, 0.2) is 17.5 Å². The molecule has 1 N–H and O–H groups in total. The molecule has 172 valence electrons. The lowest BCUT2D eigenvalue weighted by Crippen LogP contribution is -2.25. The maximum absolute atomic E-state index is 13.6. The summed E-state index contributed by atoms with van der Waals surface area (Å²) in [4.78, 5) is 11.8. The summed E-state index contributed by atoms with van der Waals surface area (Å²) in [6, 6.07) is 1.73. The highest BCUT2D eigenvalue weighted by molar-refractivity contribution is 5.94. The quantitative estimate of drug-likeness (QED) is 0.186. The van der Waals surface area contributed by atoms with E-state index in [9.17, 15) is 18.0 Å². The largest absolute Gasteiger partial charge is 0.352 e. The number of hydrogen-bond donors (Lipinski definition) is 1. The SMILES string of the molecule is CCCCCCCCCCCCCCCCCCNC(=O)c1ccc(F)c(F)c1F.